The van der Waals surface area contributed by atoms with Gasteiger partial charge in [-0.25, -0.2) is 9.59 Å². The minimum Gasteiger partial charge on any atom is -0.493 e. The van der Waals surface area contributed by atoms with Gasteiger partial charge in [0.2, 0.25) is 0 Å². The first-order valence-corrected chi connectivity index (χ1v) is 10.8. The van der Waals surface area contributed by atoms with Gasteiger partial charge >= 0.3 is 12.0 Å². The summed E-state index contributed by atoms with van der Waals surface area (Å²) in [6.45, 7) is 2.36. The molecule has 0 aromatic heterocycles. The molecule has 1 heterocycles. The summed E-state index contributed by atoms with van der Waals surface area (Å²) in [4.78, 5) is 24.9. The van der Waals surface area contributed by atoms with Crippen molar-refractivity contribution in [2.24, 2.45) is 0 Å². The van der Waals surface area contributed by atoms with Gasteiger partial charge in [0.05, 0.1) is 25.8 Å². The van der Waals surface area contributed by atoms with Crippen LogP contribution in [0, 0.1) is 0 Å². The first-order chi connectivity index (χ1) is 15.5. The topological polar surface area (TPSA) is 85.9 Å². The van der Waals surface area contributed by atoms with Crippen LogP contribution < -0.4 is 20.1 Å². The van der Waals surface area contributed by atoms with E-state index in [9.17, 15) is 9.59 Å². The van der Waals surface area contributed by atoms with Gasteiger partial charge in [-0.15, -0.1) is 0 Å². The van der Waals surface area contributed by atoms with Crippen molar-refractivity contribution in [3.8, 4) is 11.5 Å². The van der Waals surface area contributed by atoms with E-state index in [1.54, 1.807) is 24.3 Å². The number of amides is 2. The molecular weight excluding hydrogens is 432 g/mol. The van der Waals surface area contributed by atoms with Gasteiger partial charge in [0.1, 0.15) is 6.61 Å². The molecule has 0 spiro atoms. The summed E-state index contributed by atoms with van der Waals surface area (Å²) in [6, 6.07) is 11.7. The fraction of sp³-hybridized carbons (Fsp3) is 0.333. The number of urea groups is 1. The molecule has 0 aliphatic carbocycles. The first kappa shape index (κ1) is 23.5. The van der Waals surface area contributed by atoms with Crippen molar-refractivity contribution in [3.05, 3.63) is 69.9 Å². The zero-order chi connectivity index (χ0) is 23.1. The van der Waals surface area contributed by atoms with Crippen LogP contribution in [0.5, 0.6) is 11.5 Å². The third-order valence-corrected chi connectivity index (χ3v) is 5.38. The lowest BCUT2D eigenvalue weighted by Gasteiger charge is -2.29. The highest BCUT2D eigenvalue weighted by Gasteiger charge is 2.33. The predicted molar refractivity (Wildman–Crippen MR) is 122 cm³/mol. The van der Waals surface area contributed by atoms with Gasteiger partial charge in [-0.3, -0.25) is 0 Å². The molecule has 0 saturated carbocycles. The average Bonchev–Trinajstić information content (AvgIpc) is 2.80. The second kappa shape index (κ2) is 10.9. The van der Waals surface area contributed by atoms with E-state index >= 15 is 0 Å². The molecule has 1 aliphatic heterocycles. The van der Waals surface area contributed by atoms with Gasteiger partial charge in [0.25, 0.3) is 0 Å². The van der Waals surface area contributed by atoms with Crippen LogP contribution in [0.15, 0.2) is 53.7 Å². The fourth-order valence-corrected chi connectivity index (χ4v) is 3.75. The van der Waals surface area contributed by atoms with E-state index in [2.05, 4.69) is 10.6 Å². The number of allylic oxidation sites excluding steroid dienone is 1. The molecule has 1 aliphatic rings. The van der Waals surface area contributed by atoms with Crippen LogP contribution in [0.3, 0.4) is 0 Å². The zero-order valence-corrected chi connectivity index (χ0v) is 19.1. The number of carbonyl (C=O) groups excluding carboxylic acids is 2. The molecule has 2 amide bonds. The molecule has 3 rings (SSSR count). The number of nitrogens with one attached hydrogen (secondary N) is 2. The number of esters is 1. The van der Waals surface area contributed by atoms with Crippen molar-refractivity contribution >= 4 is 23.6 Å². The van der Waals surface area contributed by atoms with E-state index < -0.39 is 12.0 Å². The highest BCUT2D eigenvalue weighted by Crippen LogP contribution is 2.35. The lowest BCUT2D eigenvalue weighted by atomic mass is 9.93. The molecule has 1 atom stereocenters. The average molecular weight is 459 g/mol. The first-order valence-electron chi connectivity index (χ1n) is 10.4. The van der Waals surface area contributed by atoms with E-state index in [4.69, 9.17) is 25.8 Å². The smallest absolute Gasteiger partial charge is 0.337 e. The molecule has 2 N–H and O–H groups in total. The number of benzene rings is 2. The molecule has 8 heteroatoms. The van der Waals surface area contributed by atoms with Crippen LogP contribution in [-0.4, -0.2) is 26.2 Å². The third kappa shape index (κ3) is 5.53. The Hall–Kier alpha value is -3.19. The number of rotatable bonds is 9. The van der Waals surface area contributed by atoms with Crippen LogP contribution in [0.25, 0.3) is 0 Å². The molecule has 1 unspecified atom stereocenters. The summed E-state index contributed by atoms with van der Waals surface area (Å²) in [6.07, 6.45) is 2.34. The normalized spacial score (nSPS) is 15.6. The number of halogens is 1. The second-order valence-corrected chi connectivity index (χ2v) is 7.78. The molecule has 170 valence electrons. The van der Waals surface area contributed by atoms with E-state index in [0.717, 1.165) is 18.4 Å². The summed E-state index contributed by atoms with van der Waals surface area (Å²) in [7, 11) is 2.86. The van der Waals surface area contributed by atoms with E-state index in [1.807, 2.05) is 25.1 Å². The zero-order valence-electron chi connectivity index (χ0n) is 18.4. The Labute approximate surface area is 192 Å². The highest BCUT2D eigenvalue weighted by atomic mass is 35.5. The van der Waals surface area contributed by atoms with Crippen LogP contribution in [0.1, 0.15) is 43.4 Å². The number of ether oxygens (including phenoxy) is 3. The molecule has 2 aromatic carbocycles. The van der Waals surface area contributed by atoms with E-state index in [1.165, 1.54) is 14.2 Å². The maximum atomic E-state index is 12.6. The minimum atomic E-state index is -0.668. The van der Waals surface area contributed by atoms with Gasteiger partial charge in [0, 0.05) is 10.7 Å². The Morgan fingerprint density at radius 2 is 1.94 bits per heavy atom. The van der Waals surface area contributed by atoms with Gasteiger partial charge in [-0.1, -0.05) is 43.1 Å². The summed E-state index contributed by atoms with van der Waals surface area (Å²) < 4.78 is 16.4. The SMILES string of the molecule is CCCCC1=C(C(=O)OC)C(c2ccc(OCc3cccc(Cl)c3)c(OC)c2)NC(=O)N1. The molecule has 32 heavy (non-hydrogen) atoms. The van der Waals surface area contributed by atoms with Crippen molar-refractivity contribution in [3.63, 3.8) is 0 Å². The van der Waals surface area contributed by atoms with E-state index in [0.29, 0.717) is 46.4 Å². The third-order valence-electron chi connectivity index (χ3n) is 5.14. The summed E-state index contributed by atoms with van der Waals surface area (Å²) in [5.74, 6) is 0.525. The Kier molecular flexibility index (Phi) is 8.00. The minimum absolute atomic E-state index is 0.314. The van der Waals surface area contributed by atoms with Crippen molar-refractivity contribution in [1.82, 2.24) is 10.6 Å². The number of hydrogen-bond acceptors (Lipinski definition) is 5. The summed E-state index contributed by atoms with van der Waals surface area (Å²) >= 11 is 6.04. The Bertz CT molecular complexity index is 1020. The van der Waals surface area contributed by atoms with Crippen molar-refractivity contribution in [2.45, 2.75) is 38.8 Å². The van der Waals surface area contributed by atoms with Crippen molar-refractivity contribution < 1.29 is 23.8 Å². The molecule has 0 bridgehead atoms. The number of unbranched alkanes of at least 4 members (excludes halogenated alkanes) is 1. The predicted octanol–water partition coefficient (Wildman–Crippen LogP) is 4.90. The Morgan fingerprint density at radius 1 is 1.12 bits per heavy atom. The fourth-order valence-electron chi connectivity index (χ4n) is 3.54. The molecule has 7 nitrogen and oxygen atoms in total. The summed E-state index contributed by atoms with van der Waals surface area (Å²) in [5, 5.41) is 6.22. The van der Waals surface area contributed by atoms with E-state index in [-0.39, 0.29) is 6.03 Å². The molecular formula is C24H27ClN2O5. The van der Waals surface area contributed by atoms with Gasteiger partial charge in [-0.2, -0.15) is 0 Å². The lowest BCUT2D eigenvalue weighted by molar-refractivity contribution is -0.136. The number of methoxy groups -OCH3 is 2. The lowest BCUT2D eigenvalue weighted by Crippen LogP contribution is -2.45. The van der Waals surface area contributed by atoms with Gasteiger partial charge < -0.3 is 24.8 Å². The van der Waals surface area contributed by atoms with Crippen LogP contribution in [-0.2, 0) is 16.1 Å². The maximum absolute atomic E-state index is 12.6. The monoisotopic (exact) mass is 458 g/mol. The quantitative estimate of drug-likeness (QED) is 0.522. The largest absolute Gasteiger partial charge is 0.493 e. The number of hydrogen-bond donors (Lipinski definition) is 2. The molecule has 0 radical (unpaired) electrons. The van der Waals surface area contributed by atoms with Crippen LogP contribution in [0.2, 0.25) is 5.02 Å². The Balaban J connectivity index is 1.91. The number of carbonyl (C=O) groups is 2. The maximum Gasteiger partial charge on any atom is 0.337 e. The van der Waals surface area contributed by atoms with Gasteiger partial charge in [-0.05, 0) is 48.2 Å². The Morgan fingerprint density at radius 3 is 2.62 bits per heavy atom. The van der Waals surface area contributed by atoms with Gasteiger partial charge in [0.15, 0.2) is 11.5 Å². The molecule has 0 saturated heterocycles. The summed E-state index contributed by atoms with van der Waals surface area (Å²) in [5.41, 5.74) is 2.56. The highest BCUT2D eigenvalue weighted by molar-refractivity contribution is 6.30. The molecule has 2 aromatic rings. The molecule has 0 fully saturated rings. The van der Waals surface area contributed by atoms with Crippen molar-refractivity contribution in [2.75, 3.05) is 14.2 Å². The van der Waals surface area contributed by atoms with Crippen LogP contribution in [0.4, 0.5) is 4.79 Å². The van der Waals surface area contributed by atoms with Crippen LogP contribution >= 0.6 is 11.6 Å². The van der Waals surface area contributed by atoms with Crippen molar-refractivity contribution in [1.29, 1.82) is 0 Å². The second-order valence-electron chi connectivity index (χ2n) is 7.35. The standard InChI is InChI=1S/C24H27ClN2O5/c1-4-5-9-18-21(23(28)31-3)22(27-24(29)26-18)16-10-11-19(20(13-16)30-2)32-14-15-7-6-8-17(25)12-15/h6-8,10-13,22H,4-5,9,14H2,1-3H3,(H2,26,27,29).